The molecule has 0 bridgehead atoms. The van der Waals surface area contributed by atoms with E-state index in [1.807, 2.05) is 0 Å². The van der Waals surface area contributed by atoms with Crippen LogP contribution in [-0.4, -0.2) is 19.3 Å². The van der Waals surface area contributed by atoms with Gasteiger partial charge >= 0.3 is 0 Å². The number of halogens is 2. The van der Waals surface area contributed by atoms with E-state index < -0.39 is 14.9 Å². The lowest BCUT2D eigenvalue weighted by Gasteiger charge is -1.94. The van der Waals surface area contributed by atoms with Gasteiger partial charge < -0.3 is 4.52 Å². The van der Waals surface area contributed by atoms with Crippen molar-refractivity contribution in [2.45, 2.75) is 6.42 Å². The number of hydrogen-bond donors (Lipinski definition) is 0. The Kier molecular flexibility index (Phi) is 2.86. The lowest BCUT2D eigenvalue weighted by Crippen LogP contribution is -2.01. The highest BCUT2D eigenvalue weighted by Gasteiger charge is 2.12. The highest BCUT2D eigenvalue weighted by atomic mass is 35.7. The van der Waals surface area contributed by atoms with Gasteiger partial charge in [-0.1, -0.05) is 5.16 Å². The van der Waals surface area contributed by atoms with Crippen molar-refractivity contribution >= 4 is 30.7 Å². The SMILES string of the molecule is O=S(=O)(Cl)CCc1noc2ccc(F)cc12. The van der Waals surface area contributed by atoms with Crippen LogP contribution in [0.15, 0.2) is 22.7 Å². The van der Waals surface area contributed by atoms with Crippen molar-refractivity contribution in [2.24, 2.45) is 0 Å². The van der Waals surface area contributed by atoms with E-state index >= 15 is 0 Å². The quantitative estimate of drug-likeness (QED) is 0.796. The van der Waals surface area contributed by atoms with Crippen molar-refractivity contribution in [3.63, 3.8) is 0 Å². The maximum atomic E-state index is 13.0. The molecule has 4 nitrogen and oxygen atoms in total. The highest BCUT2D eigenvalue weighted by molar-refractivity contribution is 8.13. The van der Waals surface area contributed by atoms with Crippen molar-refractivity contribution in [2.75, 3.05) is 5.75 Å². The molecule has 16 heavy (non-hydrogen) atoms. The lowest BCUT2D eigenvalue weighted by atomic mass is 10.2. The third kappa shape index (κ3) is 2.51. The van der Waals surface area contributed by atoms with Crippen LogP contribution in [0.3, 0.4) is 0 Å². The van der Waals surface area contributed by atoms with E-state index in [0.29, 0.717) is 16.7 Å². The molecular formula is C9H7ClFNO3S. The molecule has 2 aromatic rings. The molecule has 0 aliphatic rings. The number of rotatable bonds is 3. The van der Waals surface area contributed by atoms with Gasteiger partial charge in [0.1, 0.15) is 5.82 Å². The summed E-state index contributed by atoms with van der Waals surface area (Å²) in [4.78, 5) is 0. The van der Waals surface area contributed by atoms with Gasteiger partial charge in [-0.05, 0) is 18.2 Å². The van der Waals surface area contributed by atoms with Crippen LogP contribution in [0.1, 0.15) is 5.69 Å². The first-order chi connectivity index (χ1) is 7.46. The van der Waals surface area contributed by atoms with Crippen LogP contribution < -0.4 is 0 Å². The number of benzene rings is 1. The third-order valence-corrected chi connectivity index (χ3v) is 3.24. The molecule has 0 N–H and O–H groups in total. The van der Waals surface area contributed by atoms with E-state index in [1.54, 1.807) is 0 Å². The van der Waals surface area contributed by atoms with Gasteiger partial charge in [0.05, 0.1) is 11.4 Å². The minimum Gasteiger partial charge on any atom is -0.356 e. The lowest BCUT2D eigenvalue weighted by molar-refractivity contribution is 0.447. The number of nitrogens with zero attached hydrogens (tertiary/aromatic N) is 1. The Bertz CT molecular complexity index is 623. The molecule has 1 heterocycles. The summed E-state index contributed by atoms with van der Waals surface area (Å²) in [7, 11) is 1.49. The molecule has 0 radical (unpaired) electrons. The molecule has 0 spiro atoms. The van der Waals surface area contributed by atoms with Gasteiger partial charge in [0, 0.05) is 22.5 Å². The summed E-state index contributed by atoms with van der Waals surface area (Å²) in [5.74, 6) is -0.683. The molecular weight excluding hydrogens is 257 g/mol. The molecule has 0 amide bonds. The predicted octanol–water partition coefficient (Wildman–Crippen LogP) is 2.08. The molecule has 0 aliphatic carbocycles. The van der Waals surface area contributed by atoms with Crippen LogP contribution in [0.5, 0.6) is 0 Å². The van der Waals surface area contributed by atoms with Crippen molar-refractivity contribution < 1.29 is 17.3 Å². The molecule has 0 atom stereocenters. The van der Waals surface area contributed by atoms with Gasteiger partial charge in [0.25, 0.3) is 0 Å². The second kappa shape index (κ2) is 4.03. The second-order valence-electron chi connectivity index (χ2n) is 3.26. The van der Waals surface area contributed by atoms with Crippen molar-refractivity contribution in [3.05, 3.63) is 29.7 Å². The first-order valence-corrected chi connectivity index (χ1v) is 6.90. The molecule has 1 aromatic heterocycles. The number of fused-ring (bicyclic) bond motifs is 1. The standard InChI is InChI=1S/C9H7ClFNO3S/c10-16(13,14)4-3-8-7-5-6(11)1-2-9(7)15-12-8/h1-2,5H,3-4H2. The van der Waals surface area contributed by atoms with Crippen LogP contribution in [0.2, 0.25) is 0 Å². The zero-order valence-corrected chi connectivity index (χ0v) is 9.55. The molecule has 0 aliphatic heterocycles. The summed E-state index contributed by atoms with van der Waals surface area (Å²) >= 11 is 0. The van der Waals surface area contributed by atoms with E-state index in [0.717, 1.165) is 0 Å². The number of hydrogen-bond acceptors (Lipinski definition) is 4. The summed E-state index contributed by atoms with van der Waals surface area (Å²) < 4.78 is 39.4. The Balaban J connectivity index is 2.34. The van der Waals surface area contributed by atoms with Crippen molar-refractivity contribution in [3.8, 4) is 0 Å². The fraction of sp³-hybridized carbons (Fsp3) is 0.222. The highest BCUT2D eigenvalue weighted by Crippen LogP contribution is 2.20. The zero-order chi connectivity index (χ0) is 11.8. The minimum absolute atomic E-state index is 0.0995. The van der Waals surface area contributed by atoms with Gasteiger partial charge in [0.2, 0.25) is 9.05 Å². The van der Waals surface area contributed by atoms with E-state index in [-0.39, 0.29) is 12.2 Å². The maximum Gasteiger partial charge on any atom is 0.232 e. The first kappa shape index (κ1) is 11.3. The normalized spacial score (nSPS) is 12.1. The zero-order valence-electron chi connectivity index (χ0n) is 7.98. The molecule has 0 unspecified atom stereocenters. The monoisotopic (exact) mass is 263 g/mol. The van der Waals surface area contributed by atoms with Crippen molar-refractivity contribution in [1.29, 1.82) is 0 Å². The Morgan fingerprint density at radius 3 is 2.88 bits per heavy atom. The maximum absolute atomic E-state index is 13.0. The smallest absolute Gasteiger partial charge is 0.232 e. The summed E-state index contributed by atoms with van der Waals surface area (Å²) in [5, 5.41) is 4.15. The third-order valence-electron chi connectivity index (χ3n) is 2.09. The largest absolute Gasteiger partial charge is 0.356 e. The number of aryl methyl sites for hydroxylation is 1. The Hall–Kier alpha value is -1.14. The van der Waals surface area contributed by atoms with Crippen LogP contribution >= 0.6 is 10.7 Å². The van der Waals surface area contributed by atoms with Gasteiger partial charge in [-0.15, -0.1) is 0 Å². The average Bonchev–Trinajstić information content (AvgIpc) is 2.56. The van der Waals surface area contributed by atoms with Gasteiger partial charge in [-0.3, -0.25) is 0 Å². The first-order valence-electron chi connectivity index (χ1n) is 4.42. The average molecular weight is 264 g/mol. The van der Waals surface area contributed by atoms with E-state index in [1.165, 1.54) is 18.2 Å². The minimum atomic E-state index is -3.58. The van der Waals surface area contributed by atoms with E-state index in [2.05, 4.69) is 5.16 Å². The van der Waals surface area contributed by atoms with Gasteiger partial charge in [0.15, 0.2) is 5.58 Å². The second-order valence-corrected chi connectivity index (χ2v) is 6.16. The van der Waals surface area contributed by atoms with Crippen LogP contribution in [0, 0.1) is 5.82 Å². The van der Waals surface area contributed by atoms with E-state index in [4.69, 9.17) is 15.2 Å². The molecule has 86 valence electrons. The summed E-state index contributed by atoms with van der Waals surface area (Å²) in [6, 6.07) is 3.94. The van der Waals surface area contributed by atoms with Crippen LogP contribution in [0.25, 0.3) is 11.0 Å². The fourth-order valence-electron chi connectivity index (χ4n) is 1.36. The Labute approximate surface area is 95.4 Å². The molecule has 7 heteroatoms. The van der Waals surface area contributed by atoms with Crippen molar-refractivity contribution in [1.82, 2.24) is 5.16 Å². The van der Waals surface area contributed by atoms with Crippen LogP contribution in [0.4, 0.5) is 4.39 Å². The summed E-state index contributed by atoms with van der Waals surface area (Å²) in [6.07, 6.45) is 0.0995. The summed E-state index contributed by atoms with van der Waals surface area (Å²) in [6.45, 7) is 0. The predicted molar refractivity (Wildman–Crippen MR) is 57.3 cm³/mol. The Morgan fingerprint density at radius 1 is 1.44 bits per heavy atom. The molecule has 0 saturated carbocycles. The Morgan fingerprint density at radius 2 is 2.19 bits per heavy atom. The molecule has 0 fully saturated rings. The molecule has 1 aromatic carbocycles. The fourth-order valence-corrected chi connectivity index (χ4v) is 2.03. The van der Waals surface area contributed by atoms with E-state index in [9.17, 15) is 12.8 Å². The number of aromatic nitrogens is 1. The molecule has 2 rings (SSSR count). The topological polar surface area (TPSA) is 60.2 Å². The van der Waals surface area contributed by atoms with Gasteiger partial charge in [-0.25, -0.2) is 12.8 Å². The van der Waals surface area contributed by atoms with Gasteiger partial charge in [-0.2, -0.15) is 0 Å². The molecule has 0 saturated heterocycles. The van der Waals surface area contributed by atoms with Crippen LogP contribution in [-0.2, 0) is 15.5 Å². The summed E-state index contributed by atoms with van der Waals surface area (Å²) in [5.41, 5.74) is 0.807.